The van der Waals surface area contributed by atoms with Gasteiger partial charge in [0, 0.05) is 6.42 Å². The molecule has 0 radical (unpaired) electrons. The highest BCUT2D eigenvalue weighted by atomic mass is 127. The molecule has 1 aliphatic carbocycles. The molecular formula is C17H29IO3Si. The smallest absolute Gasteiger partial charge is 0.192 e. The van der Waals surface area contributed by atoms with E-state index in [0.717, 1.165) is 12.0 Å². The molecule has 22 heavy (non-hydrogen) atoms. The Balaban J connectivity index is 2.29. The Morgan fingerprint density at radius 2 is 1.91 bits per heavy atom. The van der Waals surface area contributed by atoms with Crippen LogP contribution in [0.1, 0.15) is 41.0 Å². The van der Waals surface area contributed by atoms with Crippen LogP contribution >= 0.6 is 22.6 Å². The molecule has 1 aliphatic heterocycles. The van der Waals surface area contributed by atoms with E-state index in [1.165, 1.54) is 5.57 Å². The summed E-state index contributed by atoms with van der Waals surface area (Å²) in [6, 6.07) is 0. The number of hydrogen-bond donors (Lipinski definition) is 0. The Labute approximate surface area is 149 Å². The van der Waals surface area contributed by atoms with Crippen LogP contribution in [0, 0.1) is 0 Å². The molecule has 0 aromatic rings. The van der Waals surface area contributed by atoms with Gasteiger partial charge in [0.05, 0.1) is 6.10 Å². The second-order valence-electron chi connectivity index (χ2n) is 8.30. The molecule has 1 heterocycles. The molecule has 0 aromatic carbocycles. The number of halogens is 1. The van der Waals surface area contributed by atoms with Gasteiger partial charge in [-0.15, -0.1) is 0 Å². The molecule has 2 rings (SSSR count). The van der Waals surface area contributed by atoms with E-state index in [4.69, 9.17) is 13.9 Å². The molecule has 2 fully saturated rings. The normalized spacial score (nSPS) is 34.1. The lowest BCUT2D eigenvalue weighted by molar-refractivity contribution is -0.151. The number of ether oxygens (including phenoxy) is 2. The fourth-order valence-electron chi connectivity index (χ4n) is 2.76. The summed E-state index contributed by atoms with van der Waals surface area (Å²) < 4.78 is 21.1. The Hall–Kier alpha value is 0.307. The number of rotatable bonds is 2. The van der Waals surface area contributed by atoms with Crippen molar-refractivity contribution in [3.63, 3.8) is 0 Å². The van der Waals surface area contributed by atoms with Crippen LogP contribution in [0.5, 0.6) is 0 Å². The van der Waals surface area contributed by atoms with Gasteiger partial charge >= 0.3 is 0 Å². The van der Waals surface area contributed by atoms with E-state index < -0.39 is 14.1 Å². The van der Waals surface area contributed by atoms with Gasteiger partial charge in [-0.1, -0.05) is 49.9 Å². The van der Waals surface area contributed by atoms with Crippen LogP contribution in [-0.4, -0.2) is 32.4 Å². The van der Waals surface area contributed by atoms with Crippen molar-refractivity contribution < 1.29 is 13.9 Å². The molecule has 2 aliphatic rings. The molecule has 0 bridgehead atoms. The first-order valence-corrected chi connectivity index (χ1v) is 12.1. The molecule has 126 valence electrons. The summed E-state index contributed by atoms with van der Waals surface area (Å²) in [7, 11) is -1.86. The van der Waals surface area contributed by atoms with Crippen molar-refractivity contribution in [1.82, 2.24) is 0 Å². The lowest BCUT2D eigenvalue weighted by atomic mass is 9.85. The first kappa shape index (κ1) is 18.6. The van der Waals surface area contributed by atoms with Gasteiger partial charge in [0.1, 0.15) is 12.2 Å². The van der Waals surface area contributed by atoms with Crippen molar-refractivity contribution in [2.75, 3.05) is 0 Å². The predicted molar refractivity (Wildman–Crippen MR) is 102 cm³/mol. The third kappa shape index (κ3) is 3.53. The Kier molecular flexibility index (Phi) is 5.07. The second kappa shape index (κ2) is 5.99. The highest BCUT2D eigenvalue weighted by Crippen LogP contribution is 2.46. The van der Waals surface area contributed by atoms with Crippen LogP contribution in [-0.2, 0) is 13.9 Å². The van der Waals surface area contributed by atoms with Gasteiger partial charge in [0.2, 0.25) is 0 Å². The van der Waals surface area contributed by atoms with E-state index in [1.807, 2.05) is 13.8 Å². The van der Waals surface area contributed by atoms with E-state index in [9.17, 15) is 0 Å². The van der Waals surface area contributed by atoms with Crippen LogP contribution in [0.4, 0.5) is 0 Å². The maximum absolute atomic E-state index is 6.68. The summed E-state index contributed by atoms with van der Waals surface area (Å²) in [5, 5.41) is 0.181. The van der Waals surface area contributed by atoms with Crippen molar-refractivity contribution >= 4 is 30.9 Å². The van der Waals surface area contributed by atoms with Crippen LogP contribution in [0.25, 0.3) is 0 Å². The minimum atomic E-state index is -1.86. The molecule has 5 heteroatoms. The average Bonchev–Trinajstić information content (AvgIpc) is 2.67. The van der Waals surface area contributed by atoms with Crippen LogP contribution in [0.2, 0.25) is 18.1 Å². The highest BCUT2D eigenvalue weighted by molar-refractivity contribution is 14.1. The number of hydrogen-bond acceptors (Lipinski definition) is 3. The van der Waals surface area contributed by atoms with E-state index in [1.54, 1.807) is 0 Å². The first-order valence-electron chi connectivity index (χ1n) is 7.90. The van der Waals surface area contributed by atoms with Gasteiger partial charge in [-0.05, 0) is 47.2 Å². The minimum Gasteiger partial charge on any atom is -0.411 e. The van der Waals surface area contributed by atoms with E-state index in [0.29, 0.717) is 0 Å². The standard InChI is InChI=1S/C17H29IO3Si/c1-11-12(10-18)9-13(21-22(7,8)16(2,3)4)15-14(11)19-17(5,6)20-15/h10,13-15H,1,9H2,2-8H3/b12-10+/t13-,14-,15+/m1/s1. The van der Waals surface area contributed by atoms with E-state index >= 15 is 0 Å². The van der Waals surface area contributed by atoms with Gasteiger partial charge < -0.3 is 13.9 Å². The van der Waals surface area contributed by atoms with Crippen LogP contribution in [0.3, 0.4) is 0 Å². The van der Waals surface area contributed by atoms with Crippen LogP contribution < -0.4 is 0 Å². The van der Waals surface area contributed by atoms with E-state index in [2.05, 4.69) is 67.1 Å². The minimum absolute atomic E-state index is 0.0409. The molecule has 1 saturated heterocycles. The van der Waals surface area contributed by atoms with E-state index in [-0.39, 0.29) is 23.4 Å². The van der Waals surface area contributed by atoms with Gasteiger partial charge in [0.25, 0.3) is 0 Å². The maximum atomic E-state index is 6.68. The zero-order valence-electron chi connectivity index (χ0n) is 14.8. The van der Waals surface area contributed by atoms with Gasteiger partial charge in [-0.3, -0.25) is 0 Å². The quantitative estimate of drug-likeness (QED) is 0.441. The zero-order valence-corrected chi connectivity index (χ0v) is 18.0. The van der Waals surface area contributed by atoms with Crippen molar-refractivity contribution in [3.8, 4) is 0 Å². The molecule has 0 unspecified atom stereocenters. The largest absolute Gasteiger partial charge is 0.411 e. The van der Waals surface area contributed by atoms with Crippen LogP contribution in [0.15, 0.2) is 21.8 Å². The maximum Gasteiger partial charge on any atom is 0.192 e. The SMILES string of the molecule is C=C1/C(=C/I)C[C@@H](O[Si](C)(C)C(C)(C)C)[C@@H]2OC(C)(C)O[C@H]12. The molecule has 0 N–H and O–H groups in total. The lowest BCUT2D eigenvalue weighted by Gasteiger charge is -2.43. The Morgan fingerprint density at radius 1 is 1.32 bits per heavy atom. The summed E-state index contributed by atoms with van der Waals surface area (Å²) in [6.45, 7) is 19.6. The average molecular weight is 436 g/mol. The molecule has 1 saturated carbocycles. The summed E-state index contributed by atoms with van der Waals surface area (Å²) in [5.41, 5.74) is 2.27. The van der Waals surface area contributed by atoms with Gasteiger partial charge in [-0.25, -0.2) is 0 Å². The molecule has 0 amide bonds. The summed E-state index contributed by atoms with van der Waals surface area (Å²) in [6.07, 6.45) is 0.741. The Bertz CT molecular complexity index is 491. The highest BCUT2D eigenvalue weighted by Gasteiger charge is 2.52. The monoisotopic (exact) mass is 436 g/mol. The lowest BCUT2D eigenvalue weighted by Crippen LogP contribution is -2.51. The van der Waals surface area contributed by atoms with Gasteiger partial charge in [0.15, 0.2) is 14.1 Å². The van der Waals surface area contributed by atoms with Gasteiger partial charge in [-0.2, -0.15) is 0 Å². The van der Waals surface area contributed by atoms with Crippen molar-refractivity contribution in [2.45, 2.75) is 83.3 Å². The molecule has 3 nitrogen and oxygen atoms in total. The second-order valence-corrected chi connectivity index (χ2v) is 13.7. The molecular weight excluding hydrogens is 407 g/mol. The predicted octanol–water partition coefficient (Wildman–Crippen LogP) is 5.18. The first-order chi connectivity index (χ1) is 9.88. The molecule has 0 aromatic heterocycles. The van der Waals surface area contributed by atoms with Crippen molar-refractivity contribution in [1.29, 1.82) is 0 Å². The summed E-state index contributed by atoms with van der Waals surface area (Å²) in [4.78, 5) is 0. The number of fused-ring (bicyclic) bond motifs is 1. The Morgan fingerprint density at radius 3 is 2.41 bits per heavy atom. The summed E-state index contributed by atoms with van der Waals surface area (Å²) in [5.74, 6) is -0.575. The third-order valence-corrected chi connectivity index (χ3v) is 10.3. The van der Waals surface area contributed by atoms with Crippen molar-refractivity contribution in [2.24, 2.45) is 0 Å². The topological polar surface area (TPSA) is 27.7 Å². The summed E-state index contributed by atoms with van der Waals surface area (Å²) >= 11 is 2.28. The fourth-order valence-corrected chi connectivity index (χ4v) is 4.74. The molecule has 0 spiro atoms. The zero-order chi connectivity index (χ0) is 16.9. The fraction of sp³-hybridized carbons (Fsp3) is 0.765. The third-order valence-electron chi connectivity index (χ3n) is 5.06. The molecule has 3 atom stereocenters. The van der Waals surface area contributed by atoms with Crippen molar-refractivity contribution in [3.05, 3.63) is 21.8 Å².